The number of benzene rings is 1. The third kappa shape index (κ3) is 0.727. The summed E-state index contributed by atoms with van der Waals surface area (Å²) in [5.74, 6) is 1.30. The summed E-state index contributed by atoms with van der Waals surface area (Å²) >= 11 is 5.71. The minimum Gasteiger partial charge on any atom is -0.454 e. The molecule has 1 radical (unpaired) electrons. The van der Waals surface area contributed by atoms with Gasteiger partial charge in [-0.3, -0.25) is 0 Å². The van der Waals surface area contributed by atoms with E-state index < -0.39 is 0 Å². The number of hydrogen-bond donors (Lipinski definition) is 0. The van der Waals surface area contributed by atoms with Crippen LogP contribution in [0.25, 0.3) is 0 Å². The first-order chi connectivity index (χ1) is 4.88. The molecule has 1 aromatic carbocycles. The van der Waals surface area contributed by atoms with Gasteiger partial charge in [-0.2, -0.15) is 0 Å². The molecule has 0 fully saturated rings. The van der Waals surface area contributed by atoms with Crippen molar-refractivity contribution in [3.8, 4) is 11.5 Å². The van der Waals surface area contributed by atoms with Crippen LogP contribution in [0.1, 0.15) is 0 Å². The van der Waals surface area contributed by atoms with Crippen LogP contribution >= 0.6 is 11.6 Å². The Balaban J connectivity index is 2.59. The summed E-state index contributed by atoms with van der Waals surface area (Å²) in [4.78, 5) is 0. The normalized spacial score (nSPS) is 13.7. The van der Waals surface area contributed by atoms with Crippen molar-refractivity contribution in [1.29, 1.82) is 0 Å². The molecule has 0 unspecified atom stereocenters. The fourth-order valence-electron chi connectivity index (χ4n) is 0.840. The van der Waals surface area contributed by atoms with Crippen LogP contribution < -0.4 is 9.47 Å². The minimum absolute atomic E-state index is 0.257. The van der Waals surface area contributed by atoms with Gasteiger partial charge in [0.2, 0.25) is 6.79 Å². The lowest BCUT2D eigenvalue weighted by molar-refractivity contribution is 0.174. The van der Waals surface area contributed by atoms with Crippen molar-refractivity contribution in [2.45, 2.75) is 0 Å². The summed E-state index contributed by atoms with van der Waals surface area (Å²) in [6.45, 7) is 0.257. The van der Waals surface area contributed by atoms with E-state index in [4.69, 9.17) is 21.1 Å². The SMILES string of the molecule is Clc1[c]ccc2c1OCO2. The molecule has 1 aliphatic heterocycles. The highest BCUT2D eigenvalue weighted by atomic mass is 35.5. The van der Waals surface area contributed by atoms with Crippen molar-refractivity contribution in [2.75, 3.05) is 6.79 Å². The molecule has 1 aromatic rings. The van der Waals surface area contributed by atoms with E-state index in [1.54, 1.807) is 12.1 Å². The molecular formula is C7H4ClO2. The molecule has 1 aliphatic rings. The van der Waals surface area contributed by atoms with Gasteiger partial charge in [0.1, 0.15) is 0 Å². The Morgan fingerprint density at radius 2 is 2.40 bits per heavy atom. The van der Waals surface area contributed by atoms with Gasteiger partial charge < -0.3 is 9.47 Å². The third-order valence-electron chi connectivity index (χ3n) is 1.29. The van der Waals surface area contributed by atoms with Crippen molar-refractivity contribution in [2.24, 2.45) is 0 Å². The molecule has 10 heavy (non-hydrogen) atoms. The van der Waals surface area contributed by atoms with Crippen LogP contribution in [-0.4, -0.2) is 6.79 Å². The van der Waals surface area contributed by atoms with E-state index in [1.165, 1.54) is 0 Å². The van der Waals surface area contributed by atoms with Crippen molar-refractivity contribution in [3.05, 3.63) is 23.2 Å². The Kier molecular flexibility index (Phi) is 1.21. The zero-order chi connectivity index (χ0) is 6.97. The van der Waals surface area contributed by atoms with Gasteiger partial charge in [0, 0.05) is 6.07 Å². The highest BCUT2D eigenvalue weighted by molar-refractivity contribution is 6.32. The molecule has 0 saturated carbocycles. The molecule has 0 aliphatic carbocycles. The summed E-state index contributed by atoms with van der Waals surface area (Å²) in [5, 5.41) is 0.481. The van der Waals surface area contributed by atoms with Crippen LogP contribution in [-0.2, 0) is 0 Å². The van der Waals surface area contributed by atoms with Crippen molar-refractivity contribution in [1.82, 2.24) is 0 Å². The van der Waals surface area contributed by atoms with Gasteiger partial charge in [0.15, 0.2) is 11.5 Å². The first-order valence-corrected chi connectivity index (χ1v) is 3.21. The number of halogens is 1. The lowest BCUT2D eigenvalue weighted by atomic mass is 10.3. The Hall–Kier alpha value is -0.890. The van der Waals surface area contributed by atoms with Gasteiger partial charge >= 0.3 is 0 Å². The molecule has 0 N–H and O–H groups in total. The highest BCUT2D eigenvalue weighted by Gasteiger charge is 2.15. The Morgan fingerprint density at radius 3 is 3.20 bits per heavy atom. The monoisotopic (exact) mass is 155 g/mol. The average molecular weight is 156 g/mol. The molecule has 0 bridgehead atoms. The van der Waals surface area contributed by atoms with Crippen molar-refractivity contribution < 1.29 is 9.47 Å². The first-order valence-electron chi connectivity index (χ1n) is 2.84. The first kappa shape index (κ1) is 5.86. The zero-order valence-corrected chi connectivity index (χ0v) is 5.81. The van der Waals surface area contributed by atoms with Crippen LogP contribution in [0.15, 0.2) is 12.1 Å². The fourth-order valence-corrected chi connectivity index (χ4v) is 1.05. The van der Waals surface area contributed by atoms with E-state index >= 15 is 0 Å². The zero-order valence-electron chi connectivity index (χ0n) is 5.06. The summed E-state index contributed by atoms with van der Waals surface area (Å²) in [6.07, 6.45) is 0. The second-order valence-corrected chi connectivity index (χ2v) is 2.27. The maximum absolute atomic E-state index is 5.71. The predicted octanol–water partition coefficient (Wildman–Crippen LogP) is 1.87. The molecule has 1 heterocycles. The van der Waals surface area contributed by atoms with Gasteiger partial charge in [-0.15, -0.1) is 0 Å². The topological polar surface area (TPSA) is 18.5 Å². The number of rotatable bonds is 0. The molecular weight excluding hydrogens is 152 g/mol. The average Bonchev–Trinajstić information content (AvgIpc) is 2.36. The van der Waals surface area contributed by atoms with Crippen molar-refractivity contribution in [3.63, 3.8) is 0 Å². The predicted molar refractivity (Wildman–Crippen MR) is 36.4 cm³/mol. The maximum atomic E-state index is 5.71. The van der Waals surface area contributed by atoms with E-state index in [-0.39, 0.29) is 6.79 Å². The lowest BCUT2D eigenvalue weighted by Crippen LogP contribution is -1.93. The smallest absolute Gasteiger partial charge is 0.231 e. The Bertz CT molecular complexity index is 260. The molecule has 0 amide bonds. The minimum atomic E-state index is 0.257. The Labute approximate surface area is 63.3 Å². The standard InChI is InChI=1S/C7H4ClO2/c8-5-2-1-3-6-7(5)10-4-9-6/h1,3H,4H2. The van der Waals surface area contributed by atoms with Gasteiger partial charge in [-0.1, -0.05) is 11.6 Å². The quantitative estimate of drug-likeness (QED) is 0.570. The van der Waals surface area contributed by atoms with E-state index in [2.05, 4.69) is 6.07 Å². The molecule has 51 valence electrons. The van der Waals surface area contributed by atoms with Gasteiger partial charge in [-0.25, -0.2) is 0 Å². The molecule has 2 nitrogen and oxygen atoms in total. The molecule has 2 rings (SSSR count). The number of ether oxygens (including phenoxy) is 2. The summed E-state index contributed by atoms with van der Waals surface area (Å²) < 4.78 is 10.1. The van der Waals surface area contributed by atoms with E-state index in [1.807, 2.05) is 0 Å². The van der Waals surface area contributed by atoms with Crippen LogP contribution in [0.4, 0.5) is 0 Å². The van der Waals surface area contributed by atoms with E-state index in [0.29, 0.717) is 16.5 Å². The lowest BCUT2D eigenvalue weighted by Gasteiger charge is -1.94. The van der Waals surface area contributed by atoms with E-state index in [0.717, 1.165) is 0 Å². The summed E-state index contributed by atoms with van der Waals surface area (Å²) in [7, 11) is 0. The van der Waals surface area contributed by atoms with Crippen LogP contribution in [0.2, 0.25) is 5.02 Å². The summed E-state index contributed by atoms with van der Waals surface area (Å²) in [6, 6.07) is 6.27. The molecule has 0 spiro atoms. The second-order valence-electron chi connectivity index (χ2n) is 1.89. The highest BCUT2D eigenvalue weighted by Crippen LogP contribution is 2.37. The van der Waals surface area contributed by atoms with Gasteiger partial charge in [0.05, 0.1) is 5.02 Å². The Morgan fingerprint density at radius 1 is 1.50 bits per heavy atom. The second kappa shape index (κ2) is 2.06. The molecule has 0 atom stereocenters. The van der Waals surface area contributed by atoms with Crippen LogP contribution in [0.5, 0.6) is 11.5 Å². The third-order valence-corrected chi connectivity index (χ3v) is 1.57. The van der Waals surface area contributed by atoms with Gasteiger partial charge in [0.25, 0.3) is 0 Å². The number of hydrogen-bond acceptors (Lipinski definition) is 2. The fraction of sp³-hybridized carbons (Fsp3) is 0.143. The van der Waals surface area contributed by atoms with Crippen LogP contribution in [0.3, 0.4) is 0 Å². The van der Waals surface area contributed by atoms with Crippen LogP contribution in [0, 0.1) is 6.07 Å². The molecule has 0 aromatic heterocycles. The van der Waals surface area contributed by atoms with Gasteiger partial charge in [-0.05, 0) is 12.1 Å². The molecule has 3 heteroatoms. The summed E-state index contributed by atoms with van der Waals surface area (Å²) in [5.41, 5.74) is 0. The molecule has 0 saturated heterocycles. The number of fused-ring (bicyclic) bond motifs is 1. The maximum Gasteiger partial charge on any atom is 0.231 e. The largest absolute Gasteiger partial charge is 0.454 e. The van der Waals surface area contributed by atoms with Crippen molar-refractivity contribution >= 4 is 11.6 Å². The van der Waals surface area contributed by atoms with E-state index in [9.17, 15) is 0 Å².